The highest BCUT2D eigenvalue weighted by Gasteiger charge is 2.24. The van der Waals surface area contributed by atoms with E-state index in [2.05, 4.69) is 6.92 Å². The summed E-state index contributed by atoms with van der Waals surface area (Å²) in [5.41, 5.74) is 5.15. The molecule has 82 valence electrons. The summed E-state index contributed by atoms with van der Waals surface area (Å²) in [5.74, 6) is 0.149. The highest BCUT2D eigenvalue weighted by atomic mass is 16.6. The number of esters is 1. The fourth-order valence-corrected chi connectivity index (χ4v) is 1.69. The molecule has 0 unspecified atom stereocenters. The number of carbonyl (C=O) groups excluding carboxylic acids is 1. The maximum absolute atomic E-state index is 11.2. The molecule has 0 spiro atoms. The predicted molar refractivity (Wildman–Crippen MR) is 52.6 cm³/mol. The van der Waals surface area contributed by atoms with E-state index in [0.717, 1.165) is 31.6 Å². The van der Waals surface area contributed by atoms with Crippen molar-refractivity contribution in [3.05, 3.63) is 0 Å². The Balaban J connectivity index is 2.27. The Morgan fingerprint density at radius 1 is 1.50 bits per heavy atom. The van der Waals surface area contributed by atoms with Gasteiger partial charge in [0.05, 0.1) is 0 Å². The summed E-state index contributed by atoms with van der Waals surface area (Å²) in [6.45, 7) is 2.13. The monoisotopic (exact) mass is 201 g/mol. The normalized spacial score (nSPS) is 29.6. The first kappa shape index (κ1) is 11.5. The van der Waals surface area contributed by atoms with Crippen molar-refractivity contribution < 1.29 is 14.6 Å². The molecule has 0 radical (unpaired) electrons. The van der Waals surface area contributed by atoms with Crippen LogP contribution in [-0.4, -0.2) is 29.8 Å². The average Bonchev–Trinajstić information content (AvgIpc) is 2.20. The van der Waals surface area contributed by atoms with E-state index in [-0.39, 0.29) is 12.6 Å². The highest BCUT2D eigenvalue weighted by Crippen LogP contribution is 2.25. The molecule has 0 aliphatic heterocycles. The molecule has 0 saturated heterocycles. The fraction of sp³-hybridized carbons (Fsp3) is 0.900. The van der Waals surface area contributed by atoms with E-state index in [1.165, 1.54) is 0 Å². The van der Waals surface area contributed by atoms with Crippen LogP contribution in [-0.2, 0) is 9.53 Å². The minimum absolute atomic E-state index is 0.0140. The summed E-state index contributed by atoms with van der Waals surface area (Å²) in [7, 11) is 0. The van der Waals surface area contributed by atoms with E-state index in [0.29, 0.717) is 0 Å². The van der Waals surface area contributed by atoms with Gasteiger partial charge in [-0.3, -0.25) is 0 Å². The van der Waals surface area contributed by atoms with Gasteiger partial charge in [0.2, 0.25) is 0 Å². The number of rotatable bonds is 3. The van der Waals surface area contributed by atoms with Crippen LogP contribution in [0.1, 0.15) is 32.6 Å². The summed E-state index contributed by atoms with van der Waals surface area (Å²) in [5, 5.41) is 9.11. The zero-order chi connectivity index (χ0) is 10.6. The van der Waals surface area contributed by atoms with Gasteiger partial charge in [-0.25, -0.2) is 4.79 Å². The van der Waals surface area contributed by atoms with E-state index in [9.17, 15) is 4.79 Å². The summed E-state index contributed by atoms with van der Waals surface area (Å²) < 4.78 is 5.12. The second kappa shape index (κ2) is 5.32. The van der Waals surface area contributed by atoms with Crippen molar-refractivity contribution in [3.63, 3.8) is 0 Å². The lowest BCUT2D eigenvalue weighted by Crippen LogP contribution is -2.34. The molecule has 1 atom stereocenters. The van der Waals surface area contributed by atoms with Gasteiger partial charge >= 0.3 is 5.97 Å². The van der Waals surface area contributed by atoms with E-state index in [1.807, 2.05) is 0 Å². The lowest BCUT2D eigenvalue weighted by atomic mass is 9.89. The van der Waals surface area contributed by atoms with Gasteiger partial charge in [0, 0.05) is 6.54 Å². The Kier molecular flexibility index (Phi) is 4.35. The van der Waals surface area contributed by atoms with Gasteiger partial charge in [-0.1, -0.05) is 6.92 Å². The number of nitrogens with two attached hydrogens (primary N) is 1. The Bertz CT molecular complexity index is 188. The van der Waals surface area contributed by atoms with E-state index >= 15 is 0 Å². The maximum atomic E-state index is 11.2. The summed E-state index contributed by atoms with van der Waals surface area (Å²) in [6.07, 6.45) is 2.83. The molecular formula is C10H19NO3. The topological polar surface area (TPSA) is 72.5 Å². The molecule has 14 heavy (non-hydrogen) atoms. The third kappa shape index (κ3) is 3.27. The zero-order valence-electron chi connectivity index (χ0n) is 8.61. The molecule has 1 fully saturated rings. The largest absolute Gasteiger partial charge is 0.460 e. The average molecular weight is 201 g/mol. The number of aliphatic hydroxyl groups excluding tert-OH is 1. The Morgan fingerprint density at radius 2 is 2.07 bits per heavy atom. The molecule has 4 nitrogen and oxygen atoms in total. The van der Waals surface area contributed by atoms with Crippen molar-refractivity contribution in [1.82, 2.24) is 0 Å². The van der Waals surface area contributed by atoms with Crippen molar-refractivity contribution >= 4 is 5.97 Å². The second-order valence-corrected chi connectivity index (χ2v) is 4.07. The molecule has 1 aliphatic rings. The zero-order valence-corrected chi connectivity index (χ0v) is 8.61. The molecule has 0 bridgehead atoms. The number of carbonyl (C=O) groups is 1. The first-order valence-electron chi connectivity index (χ1n) is 5.22. The van der Waals surface area contributed by atoms with E-state index < -0.39 is 12.1 Å². The van der Waals surface area contributed by atoms with Gasteiger partial charge < -0.3 is 15.6 Å². The van der Waals surface area contributed by atoms with Crippen molar-refractivity contribution in [2.24, 2.45) is 11.7 Å². The van der Waals surface area contributed by atoms with Crippen molar-refractivity contribution in [3.8, 4) is 0 Å². The molecule has 1 rings (SSSR count). The quantitative estimate of drug-likeness (QED) is 0.649. The molecule has 1 aliphatic carbocycles. The van der Waals surface area contributed by atoms with Gasteiger partial charge in [0.15, 0.2) is 6.10 Å². The van der Waals surface area contributed by atoms with Crippen LogP contribution in [0.4, 0.5) is 0 Å². The minimum atomic E-state index is -1.16. The molecule has 3 N–H and O–H groups in total. The number of ether oxygens (including phenoxy) is 1. The summed E-state index contributed by atoms with van der Waals surface area (Å²) in [4.78, 5) is 11.2. The van der Waals surface area contributed by atoms with Gasteiger partial charge in [0.1, 0.15) is 6.10 Å². The summed E-state index contributed by atoms with van der Waals surface area (Å²) in [6, 6.07) is 0. The smallest absolute Gasteiger partial charge is 0.336 e. The predicted octanol–water partition coefficient (Wildman–Crippen LogP) is 0.428. The Labute approximate surface area is 84.4 Å². The van der Waals surface area contributed by atoms with Gasteiger partial charge in [-0.05, 0) is 31.6 Å². The van der Waals surface area contributed by atoms with E-state index in [4.69, 9.17) is 15.6 Å². The highest BCUT2D eigenvalue weighted by molar-refractivity contribution is 5.74. The molecule has 0 aromatic carbocycles. The molecule has 0 amide bonds. The lowest BCUT2D eigenvalue weighted by molar-refractivity contribution is -0.160. The molecule has 0 heterocycles. The van der Waals surface area contributed by atoms with Crippen LogP contribution in [0.15, 0.2) is 0 Å². The molecule has 0 aromatic rings. The van der Waals surface area contributed by atoms with Crippen LogP contribution in [0.2, 0.25) is 0 Å². The number of aliphatic hydroxyl groups is 1. The second-order valence-electron chi connectivity index (χ2n) is 4.07. The SMILES string of the molecule is CC1CCC(OC(=O)[C@@H](O)CN)CC1. The van der Waals surface area contributed by atoms with Crippen LogP contribution < -0.4 is 5.73 Å². The Hall–Kier alpha value is -0.610. The first-order valence-corrected chi connectivity index (χ1v) is 5.22. The van der Waals surface area contributed by atoms with Crippen LogP contribution in [0.5, 0.6) is 0 Å². The van der Waals surface area contributed by atoms with E-state index in [1.54, 1.807) is 0 Å². The minimum Gasteiger partial charge on any atom is -0.460 e. The van der Waals surface area contributed by atoms with Gasteiger partial charge in [-0.15, -0.1) is 0 Å². The third-order valence-electron chi connectivity index (χ3n) is 2.74. The third-order valence-corrected chi connectivity index (χ3v) is 2.74. The van der Waals surface area contributed by atoms with Crippen LogP contribution in [0.25, 0.3) is 0 Å². The fourth-order valence-electron chi connectivity index (χ4n) is 1.69. The standard InChI is InChI=1S/C10H19NO3/c1-7-2-4-8(5-3-7)14-10(13)9(12)6-11/h7-9,12H,2-6,11H2,1H3/t7?,8?,9-/m0/s1. The maximum Gasteiger partial charge on any atom is 0.336 e. The lowest BCUT2D eigenvalue weighted by Gasteiger charge is -2.26. The molecule has 1 saturated carbocycles. The van der Waals surface area contributed by atoms with Crippen molar-refractivity contribution in [2.45, 2.75) is 44.8 Å². The van der Waals surface area contributed by atoms with Crippen molar-refractivity contribution in [2.75, 3.05) is 6.54 Å². The molecular weight excluding hydrogens is 182 g/mol. The van der Waals surface area contributed by atoms with Crippen LogP contribution >= 0.6 is 0 Å². The van der Waals surface area contributed by atoms with Crippen LogP contribution in [0.3, 0.4) is 0 Å². The van der Waals surface area contributed by atoms with Crippen molar-refractivity contribution in [1.29, 1.82) is 0 Å². The Morgan fingerprint density at radius 3 is 2.57 bits per heavy atom. The van der Waals surface area contributed by atoms with Gasteiger partial charge in [-0.2, -0.15) is 0 Å². The van der Waals surface area contributed by atoms with Gasteiger partial charge in [0.25, 0.3) is 0 Å². The van der Waals surface area contributed by atoms with Crippen LogP contribution in [0, 0.1) is 5.92 Å². The summed E-state index contributed by atoms with van der Waals surface area (Å²) >= 11 is 0. The molecule has 0 aromatic heterocycles. The first-order chi connectivity index (χ1) is 6.63. The molecule has 4 heteroatoms. The number of hydrogen-bond acceptors (Lipinski definition) is 4. The number of hydrogen-bond donors (Lipinski definition) is 2.